The van der Waals surface area contributed by atoms with E-state index in [0.29, 0.717) is 27.4 Å². The fourth-order valence-corrected chi connectivity index (χ4v) is 3.88. The highest BCUT2D eigenvalue weighted by atomic mass is 35.5. The van der Waals surface area contributed by atoms with E-state index in [1.54, 1.807) is 6.07 Å². The molecule has 1 aromatic heterocycles. The van der Waals surface area contributed by atoms with Crippen LogP contribution in [0.2, 0.25) is 10.0 Å². The van der Waals surface area contributed by atoms with Gasteiger partial charge in [0.1, 0.15) is 4.88 Å². The zero-order valence-electron chi connectivity index (χ0n) is 11.1. The van der Waals surface area contributed by atoms with Crippen LogP contribution in [0.5, 0.6) is 0 Å². The van der Waals surface area contributed by atoms with Gasteiger partial charge in [-0.2, -0.15) is 0 Å². The van der Waals surface area contributed by atoms with Crippen LogP contribution in [0.4, 0.5) is 0 Å². The van der Waals surface area contributed by atoms with Gasteiger partial charge in [0.25, 0.3) is 5.91 Å². The second-order valence-electron chi connectivity index (χ2n) is 5.10. The number of carbonyl (C=O) groups is 1. The summed E-state index contributed by atoms with van der Waals surface area (Å²) in [4.78, 5) is 12.7. The lowest BCUT2D eigenvalue weighted by molar-refractivity contribution is 0.0954. The zero-order chi connectivity index (χ0) is 14.3. The molecule has 3 N–H and O–H groups in total. The van der Waals surface area contributed by atoms with E-state index < -0.39 is 0 Å². The van der Waals surface area contributed by atoms with Gasteiger partial charge in [-0.05, 0) is 30.9 Å². The minimum absolute atomic E-state index is 0. The van der Waals surface area contributed by atoms with Crippen LogP contribution in [0, 0.1) is 5.92 Å². The van der Waals surface area contributed by atoms with Crippen molar-refractivity contribution < 1.29 is 4.79 Å². The molecule has 0 spiro atoms. The number of amides is 1. The highest BCUT2D eigenvalue weighted by Gasteiger charge is 2.29. The molecule has 0 bridgehead atoms. The highest BCUT2D eigenvalue weighted by molar-refractivity contribution is 7.21. The van der Waals surface area contributed by atoms with Crippen LogP contribution in [-0.4, -0.2) is 18.5 Å². The molecule has 1 aliphatic carbocycles. The van der Waals surface area contributed by atoms with Crippen molar-refractivity contribution in [1.82, 2.24) is 5.32 Å². The molecule has 1 amide bonds. The average Bonchev–Trinajstić information content (AvgIpc) is 3.21. The summed E-state index contributed by atoms with van der Waals surface area (Å²) in [7, 11) is 0. The van der Waals surface area contributed by atoms with Gasteiger partial charge in [-0.3, -0.25) is 4.79 Å². The minimum atomic E-state index is -0.163. The van der Waals surface area contributed by atoms with Crippen LogP contribution >= 0.6 is 46.9 Å². The van der Waals surface area contributed by atoms with Crippen molar-refractivity contribution in [3.63, 3.8) is 0 Å². The largest absolute Gasteiger partial charge is 0.350 e. The molecule has 1 fully saturated rings. The van der Waals surface area contributed by atoms with Crippen molar-refractivity contribution in [2.24, 2.45) is 11.7 Å². The van der Waals surface area contributed by atoms with Gasteiger partial charge in [-0.1, -0.05) is 29.3 Å². The van der Waals surface area contributed by atoms with Gasteiger partial charge in [-0.15, -0.1) is 23.7 Å². The molecule has 1 atom stereocenters. The molecule has 21 heavy (non-hydrogen) atoms. The summed E-state index contributed by atoms with van der Waals surface area (Å²) in [6.07, 6.45) is 2.33. The first-order valence-corrected chi connectivity index (χ1v) is 8.05. The smallest absolute Gasteiger partial charge is 0.262 e. The molecule has 1 heterocycles. The first kappa shape index (κ1) is 16.8. The molecule has 7 heteroatoms. The molecular weight excluding hydrogens is 351 g/mol. The Morgan fingerprint density at radius 3 is 2.81 bits per heavy atom. The van der Waals surface area contributed by atoms with Crippen LogP contribution in [-0.2, 0) is 0 Å². The minimum Gasteiger partial charge on any atom is -0.350 e. The molecule has 0 saturated heterocycles. The number of hydrogen-bond donors (Lipinski definition) is 2. The number of fused-ring (bicyclic) bond motifs is 1. The van der Waals surface area contributed by atoms with E-state index in [0.717, 1.165) is 10.1 Å². The Hall–Kier alpha value is -0.520. The lowest BCUT2D eigenvalue weighted by Gasteiger charge is -2.10. The number of thiophene rings is 1. The first-order chi connectivity index (χ1) is 9.56. The summed E-state index contributed by atoms with van der Waals surface area (Å²) in [6, 6.07) is 5.47. The molecule has 1 aromatic carbocycles. The maximum atomic E-state index is 12.2. The van der Waals surface area contributed by atoms with Crippen molar-refractivity contribution in [2.45, 2.75) is 18.9 Å². The number of rotatable bonds is 4. The van der Waals surface area contributed by atoms with Gasteiger partial charge >= 0.3 is 0 Å². The lowest BCUT2D eigenvalue weighted by atomic mass is 10.2. The maximum Gasteiger partial charge on any atom is 0.262 e. The molecule has 3 nitrogen and oxygen atoms in total. The number of halogens is 3. The van der Waals surface area contributed by atoms with Crippen molar-refractivity contribution in [3.05, 3.63) is 33.1 Å². The van der Waals surface area contributed by atoms with Crippen LogP contribution in [0.1, 0.15) is 22.5 Å². The van der Waals surface area contributed by atoms with E-state index in [1.165, 1.54) is 24.2 Å². The van der Waals surface area contributed by atoms with Crippen molar-refractivity contribution in [3.8, 4) is 0 Å². The number of benzene rings is 1. The second-order valence-corrected chi connectivity index (χ2v) is 6.96. The SMILES string of the molecule is Cl.NC(CNC(=O)c1sc2cc(Cl)ccc2c1Cl)C1CC1. The summed E-state index contributed by atoms with van der Waals surface area (Å²) in [5.41, 5.74) is 5.98. The first-order valence-electron chi connectivity index (χ1n) is 6.47. The predicted octanol–water partition coefficient (Wildman–Crippen LogP) is 4.10. The average molecular weight is 366 g/mol. The fraction of sp³-hybridized carbons (Fsp3) is 0.357. The number of hydrogen-bond acceptors (Lipinski definition) is 3. The van der Waals surface area contributed by atoms with Crippen LogP contribution < -0.4 is 11.1 Å². The van der Waals surface area contributed by atoms with Gasteiger partial charge in [0, 0.05) is 27.7 Å². The maximum absolute atomic E-state index is 12.2. The van der Waals surface area contributed by atoms with Crippen LogP contribution in [0.25, 0.3) is 10.1 Å². The number of nitrogens with two attached hydrogens (primary N) is 1. The molecule has 1 saturated carbocycles. The third-order valence-corrected chi connectivity index (χ3v) is 5.41. The molecule has 0 radical (unpaired) electrons. The zero-order valence-corrected chi connectivity index (χ0v) is 14.2. The molecular formula is C14H15Cl3N2OS. The Morgan fingerprint density at radius 2 is 2.14 bits per heavy atom. The normalized spacial score (nSPS) is 15.6. The summed E-state index contributed by atoms with van der Waals surface area (Å²) >= 11 is 13.6. The molecule has 3 rings (SSSR count). The topological polar surface area (TPSA) is 55.1 Å². The van der Waals surface area contributed by atoms with Gasteiger partial charge in [0.15, 0.2) is 0 Å². The fourth-order valence-electron chi connectivity index (χ4n) is 2.17. The predicted molar refractivity (Wildman–Crippen MR) is 92.1 cm³/mol. The standard InChI is InChI=1S/C14H14Cl2N2OS.ClH/c15-8-3-4-9-11(5-8)20-13(12(9)16)14(19)18-6-10(17)7-1-2-7;/h3-5,7,10H,1-2,6,17H2,(H,18,19);1H. The van der Waals surface area contributed by atoms with Gasteiger partial charge in [0.2, 0.25) is 0 Å². The van der Waals surface area contributed by atoms with E-state index in [9.17, 15) is 4.79 Å². The summed E-state index contributed by atoms with van der Waals surface area (Å²) in [5.74, 6) is 0.399. The Balaban J connectivity index is 0.00000161. The number of nitrogens with one attached hydrogen (secondary N) is 1. The number of carbonyl (C=O) groups excluding carboxylic acids is 1. The van der Waals surface area contributed by atoms with Crippen molar-refractivity contribution in [1.29, 1.82) is 0 Å². The molecule has 2 aromatic rings. The van der Waals surface area contributed by atoms with E-state index in [2.05, 4.69) is 5.32 Å². The molecule has 0 aliphatic heterocycles. The van der Waals surface area contributed by atoms with Gasteiger partial charge < -0.3 is 11.1 Å². The van der Waals surface area contributed by atoms with E-state index in [1.807, 2.05) is 12.1 Å². The lowest BCUT2D eigenvalue weighted by Crippen LogP contribution is -2.38. The third kappa shape index (κ3) is 3.63. The van der Waals surface area contributed by atoms with Crippen molar-refractivity contribution in [2.75, 3.05) is 6.54 Å². The second kappa shape index (κ2) is 6.71. The molecule has 1 unspecified atom stereocenters. The van der Waals surface area contributed by atoms with Crippen molar-refractivity contribution >= 4 is 62.9 Å². The Bertz CT molecular complexity index is 670. The quantitative estimate of drug-likeness (QED) is 0.857. The van der Waals surface area contributed by atoms with Gasteiger partial charge in [-0.25, -0.2) is 0 Å². The van der Waals surface area contributed by atoms with Gasteiger partial charge in [0.05, 0.1) is 5.02 Å². The summed E-state index contributed by atoms with van der Waals surface area (Å²) < 4.78 is 0.916. The van der Waals surface area contributed by atoms with E-state index in [-0.39, 0.29) is 24.4 Å². The van der Waals surface area contributed by atoms with E-state index in [4.69, 9.17) is 28.9 Å². The molecule has 114 valence electrons. The van der Waals surface area contributed by atoms with E-state index >= 15 is 0 Å². The Kier molecular flexibility index (Phi) is 5.38. The third-order valence-electron chi connectivity index (χ3n) is 3.52. The monoisotopic (exact) mass is 364 g/mol. The Labute approximate surface area is 143 Å². The Morgan fingerprint density at radius 1 is 1.43 bits per heavy atom. The highest BCUT2D eigenvalue weighted by Crippen LogP contribution is 2.36. The summed E-state index contributed by atoms with van der Waals surface area (Å²) in [6.45, 7) is 0.495. The summed E-state index contributed by atoms with van der Waals surface area (Å²) in [5, 5.41) is 4.85. The van der Waals surface area contributed by atoms with Crippen LogP contribution in [0.3, 0.4) is 0 Å². The molecule has 1 aliphatic rings. The van der Waals surface area contributed by atoms with Crippen LogP contribution in [0.15, 0.2) is 18.2 Å².